The second-order valence-corrected chi connectivity index (χ2v) is 7.84. The van der Waals surface area contributed by atoms with E-state index in [1.54, 1.807) is 24.1 Å². The van der Waals surface area contributed by atoms with Crippen LogP contribution in [0.15, 0.2) is 40.9 Å². The molecule has 0 spiro atoms. The molecule has 4 rings (SSSR count). The quantitative estimate of drug-likeness (QED) is 0.582. The number of nitriles is 1. The fraction of sp³-hybridized carbons (Fsp3) is 0.318. The molecule has 29 heavy (non-hydrogen) atoms. The molecular weight excluding hydrogens is 384 g/mol. The van der Waals surface area contributed by atoms with E-state index in [1.807, 2.05) is 38.3 Å². The highest BCUT2D eigenvalue weighted by Gasteiger charge is 2.26. The molecule has 0 amide bonds. The van der Waals surface area contributed by atoms with Gasteiger partial charge in [-0.1, -0.05) is 35.3 Å². The maximum absolute atomic E-state index is 9.46. The highest BCUT2D eigenvalue weighted by Crippen LogP contribution is 2.38. The number of nitrogens with one attached hydrogen (secondary N) is 1. The van der Waals surface area contributed by atoms with Crippen molar-refractivity contribution in [2.24, 2.45) is 0 Å². The molecule has 1 unspecified atom stereocenters. The van der Waals surface area contributed by atoms with E-state index in [0.29, 0.717) is 34.6 Å². The zero-order valence-electron chi connectivity index (χ0n) is 16.6. The van der Waals surface area contributed by atoms with Crippen LogP contribution in [0.1, 0.15) is 43.0 Å². The van der Waals surface area contributed by atoms with Crippen LogP contribution in [0.5, 0.6) is 5.75 Å². The van der Waals surface area contributed by atoms with Crippen molar-refractivity contribution < 1.29 is 9.26 Å². The highest BCUT2D eigenvalue weighted by atomic mass is 32.2. The summed E-state index contributed by atoms with van der Waals surface area (Å²) in [7, 11) is 0. The molecule has 1 aromatic heterocycles. The lowest BCUT2D eigenvalue weighted by Gasteiger charge is -2.11. The number of nitrogens with zero attached hydrogens (tertiary/aromatic N) is 3. The van der Waals surface area contributed by atoms with Gasteiger partial charge in [-0.3, -0.25) is 4.72 Å². The van der Waals surface area contributed by atoms with Gasteiger partial charge in [0.1, 0.15) is 11.8 Å². The summed E-state index contributed by atoms with van der Waals surface area (Å²) in [6.07, 6.45) is 4.07. The van der Waals surface area contributed by atoms with Crippen LogP contribution in [0, 0.1) is 11.3 Å². The van der Waals surface area contributed by atoms with Crippen LogP contribution < -0.4 is 9.46 Å². The number of benzene rings is 2. The fourth-order valence-electron chi connectivity index (χ4n) is 3.69. The predicted octanol–water partition coefficient (Wildman–Crippen LogP) is 4.92. The molecule has 7 heteroatoms. The van der Waals surface area contributed by atoms with Crippen molar-refractivity contribution >= 4 is 11.9 Å². The van der Waals surface area contributed by atoms with Crippen molar-refractivity contribution in [3.8, 4) is 34.7 Å². The second-order valence-electron chi connectivity index (χ2n) is 7.20. The third-order valence-corrected chi connectivity index (χ3v) is 5.43. The molecule has 0 aliphatic heterocycles. The minimum atomic E-state index is -0.00689. The number of hydrogen-bond donors (Lipinski definition) is 1. The van der Waals surface area contributed by atoms with Gasteiger partial charge in [-0.15, -0.1) is 0 Å². The minimum absolute atomic E-state index is 0.00689. The lowest BCUT2D eigenvalue weighted by Crippen LogP contribution is -2.09. The largest absolute Gasteiger partial charge is 0.490 e. The van der Waals surface area contributed by atoms with Crippen LogP contribution in [-0.2, 0) is 6.42 Å². The first kappa shape index (κ1) is 19.5. The van der Waals surface area contributed by atoms with Gasteiger partial charge in [0.15, 0.2) is 0 Å². The molecule has 2 aromatic carbocycles. The lowest BCUT2D eigenvalue weighted by molar-refractivity contribution is 0.242. The van der Waals surface area contributed by atoms with Crippen LogP contribution in [0.25, 0.3) is 22.8 Å². The van der Waals surface area contributed by atoms with E-state index < -0.39 is 0 Å². The van der Waals surface area contributed by atoms with Gasteiger partial charge in [0, 0.05) is 17.2 Å². The molecular formula is C22H22N4O2S. The molecule has 0 saturated heterocycles. The minimum Gasteiger partial charge on any atom is -0.490 e. The second kappa shape index (κ2) is 8.27. The van der Waals surface area contributed by atoms with Gasteiger partial charge in [0.05, 0.1) is 11.7 Å². The van der Waals surface area contributed by atoms with Crippen molar-refractivity contribution in [3.05, 3.63) is 53.1 Å². The SMILES string of the molecule is CSNC1CCc2c(-c3noc(-c4ccc(OC(C)C)c(C#N)c4)n3)cccc21. The Kier molecular flexibility index (Phi) is 5.56. The molecule has 0 radical (unpaired) electrons. The Bertz CT molecular complexity index is 1070. The van der Waals surface area contributed by atoms with Crippen LogP contribution in [0.3, 0.4) is 0 Å². The van der Waals surface area contributed by atoms with Crippen molar-refractivity contribution in [1.82, 2.24) is 14.9 Å². The summed E-state index contributed by atoms with van der Waals surface area (Å²) < 4.78 is 14.7. The summed E-state index contributed by atoms with van der Waals surface area (Å²) in [4.78, 5) is 4.61. The predicted molar refractivity (Wildman–Crippen MR) is 113 cm³/mol. The normalized spacial score (nSPS) is 15.3. The van der Waals surface area contributed by atoms with E-state index >= 15 is 0 Å². The van der Waals surface area contributed by atoms with Crippen LogP contribution in [0.4, 0.5) is 0 Å². The van der Waals surface area contributed by atoms with Crippen LogP contribution in [-0.4, -0.2) is 22.5 Å². The smallest absolute Gasteiger partial charge is 0.258 e. The zero-order chi connectivity index (χ0) is 20.4. The Morgan fingerprint density at radius 2 is 2.17 bits per heavy atom. The lowest BCUT2D eigenvalue weighted by atomic mass is 10.0. The Morgan fingerprint density at radius 3 is 2.93 bits per heavy atom. The molecule has 1 aliphatic rings. The van der Waals surface area contributed by atoms with Gasteiger partial charge in [0.2, 0.25) is 5.82 Å². The Hall–Kier alpha value is -2.82. The topological polar surface area (TPSA) is 84.0 Å². The fourth-order valence-corrected chi connectivity index (χ4v) is 4.22. The standard InChI is InChI=1S/C22H22N4O2S/c1-13(2)27-20-10-7-14(11-15(20)12-23)22-24-21(25-28-22)18-6-4-5-17-16(18)8-9-19(17)26-29-3/h4-7,10-11,13,19,26H,8-9H2,1-3H3. The number of hydrogen-bond acceptors (Lipinski definition) is 7. The maximum atomic E-state index is 9.46. The summed E-state index contributed by atoms with van der Waals surface area (Å²) in [5.41, 5.74) is 4.71. The van der Waals surface area contributed by atoms with Crippen molar-refractivity contribution in [1.29, 1.82) is 5.26 Å². The van der Waals surface area contributed by atoms with E-state index in [0.717, 1.165) is 18.4 Å². The summed E-state index contributed by atoms with van der Waals surface area (Å²) in [6, 6.07) is 14.1. The molecule has 6 nitrogen and oxygen atoms in total. The monoisotopic (exact) mass is 406 g/mol. The first-order chi connectivity index (χ1) is 14.1. The molecule has 1 N–H and O–H groups in total. The van der Waals surface area contributed by atoms with E-state index in [9.17, 15) is 5.26 Å². The van der Waals surface area contributed by atoms with E-state index in [2.05, 4.69) is 27.0 Å². The molecule has 0 bridgehead atoms. The van der Waals surface area contributed by atoms with Crippen molar-refractivity contribution in [2.45, 2.75) is 38.8 Å². The average molecular weight is 407 g/mol. The Morgan fingerprint density at radius 1 is 1.31 bits per heavy atom. The summed E-state index contributed by atoms with van der Waals surface area (Å²) >= 11 is 1.64. The van der Waals surface area contributed by atoms with Gasteiger partial charge < -0.3 is 9.26 Å². The highest BCUT2D eigenvalue weighted by molar-refractivity contribution is 7.96. The molecule has 1 atom stereocenters. The first-order valence-corrected chi connectivity index (χ1v) is 10.8. The molecule has 3 aromatic rings. The van der Waals surface area contributed by atoms with Gasteiger partial charge in [-0.2, -0.15) is 10.2 Å². The van der Waals surface area contributed by atoms with Crippen LogP contribution in [0.2, 0.25) is 0 Å². The molecule has 148 valence electrons. The van der Waals surface area contributed by atoms with Gasteiger partial charge in [0.25, 0.3) is 5.89 Å². The van der Waals surface area contributed by atoms with Crippen molar-refractivity contribution in [3.63, 3.8) is 0 Å². The molecule has 0 fully saturated rings. The zero-order valence-corrected chi connectivity index (χ0v) is 17.4. The number of fused-ring (bicyclic) bond motifs is 1. The van der Waals surface area contributed by atoms with E-state index in [1.165, 1.54) is 11.1 Å². The van der Waals surface area contributed by atoms with Gasteiger partial charge >= 0.3 is 0 Å². The molecule has 0 saturated carbocycles. The first-order valence-electron chi connectivity index (χ1n) is 9.56. The maximum Gasteiger partial charge on any atom is 0.258 e. The Labute approximate surface area is 174 Å². The third kappa shape index (κ3) is 3.86. The van der Waals surface area contributed by atoms with Crippen LogP contribution >= 0.6 is 11.9 Å². The summed E-state index contributed by atoms with van der Waals surface area (Å²) in [5, 5.41) is 13.7. The average Bonchev–Trinajstić information content (AvgIpc) is 3.36. The van der Waals surface area contributed by atoms with Crippen molar-refractivity contribution in [2.75, 3.05) is 6.26 Å². The van der Waals surface area contributed by atoms with E-state index in [-0.39, 0.29) is 6.10 Å². The van der Waals surface area contributed by atoms with Gasteiger partial charge in [-0.05, 0) is 62.3 Å². The van der Waals surface area contributed by atoms with Gasteiger partial charge in [-0.25, -0.2) is 0 Å². The Balaban J connectivity index is 1.66. The number of ether oxygens (including phenoxy) is 1. The van der Waals surface area contributed by atoms with E-state index in [4.69, 9.17) is 9.26 Å². The molecule has 1 heterocycles. The summed E-state index contributed by atoms with van der Waals surface area (Å²) in [5.74, 6) is 1.52. The summed E-state index contributed by atoms with van der Waals surface area (Å²) in [6.45, 7) is 3.86. The number of rotatable bonds is 6. The molecule has 1 aliphatic carbocycles. The third-order valence-electron chi connectivity index (χ3n) is 4.91. The number of aromatic nitrogens is 2.